The van der Waals surface area contributed by atoms with Gasteiger partial charge in [0, 0.05) is 12.8 Å². The lowest BCUT2D eigenvalue weighted by Crippen LogP contribution is -2.29. The van der Waals surface area contributed by atoms with Crippen molar-refractivity contribution in [1.82, 2.24) is 5.32 Å². The zero-order chi connectivity index (χ0) is 9.68. The highest BCUT2D eigenvalue weighted by molar-refractivity contribution is 5.78. The largest absolute Gasteiger partial charge is 0.317 e. The van der Waals surface area contributed by atoms with Gasteiger partial charge in [-0.3, -0.25) is 4.79 Å². The molecule has 1 saturated heterocycles. The van der Waals surface area contributed by atoms with Crippen molar-refractivity contribution < 1.29 is 4.79 Å². The van der Waals surface area contributed by atoms with Crippen molar-refractivity contribution in [3.05, 3.63) is 0 Å². The van der Waals surface area contributed by atoms with Gasteiger partial charge in [0.1, 0.15) is 5.78 Å². The second-order valence-electron chi connectivity index (χ2n) is 4.53. The molecule has 1 heterocycles. The molecule has 1 aliphatic heterocycles. The lowest BCUT2D eigenvalue weighted by molar-refractivity contribution is -0.120. The molecule has 2 nitrogen and oxygen atoms in total. The molecule has 2 heteroatoms. The Morgan fingerprint density at radius 1 is 1.38 bits per heavy atom. The maximum absolute atomic E-state index is 11.5. The molecule has 0 radical (unpaired) electrons. The van der Waals surface area contributed by atoms with Gasteiger partial charge in [-0.25, -0.2) is 0 Å². The minimum absolute atomic E-state index is 0.460. The van der Waals surface area contributed by atoms with Crippen LogP contribution in [0.2, 0.25) is 0 Å². The molecule has 0 aromatic carbocycles. The molecular weight excluding hydrogens is 162 g/mol. The van der Waals surface area contributed by atoms with Crippen molar-refractivity contribution in [2.45, 2.75) is 39.5 Å². The van der Waals surface area contributed by atoms with Gasteiger partial charge in [0.15, 0.2) is 0 Å². The summed E-state index contributed by atoms with van der Waals surface area (Å²) in [7, 11) is 0. The summed E-state index contributed by atoms with van der Waals surface area (Å²) in [5.74, 6) is 1.64. The van der Waals surface area contributed by atoms with Crippen molar-refractivity contribution in [1.29, 1.82) is 0 Å². The first kappa shape index (κ1) is 10.7. The van der Waals surface area contributed by atoms with Crippen LogP contribution >= 0.6 is 0 Å². The molecule has 76 valence electrons. The molecule has 1 N–H and O–H groups in total. The highest BCUT2D eigenvalue weighted by Crippen LogP contribution is 2.18. The van der Waals surface area contributed by atoms with E-state index in [0.717, 1.165) is 25.9 Å². The van der Waals surface area contributed by atoms with E-state index in [2.05, 4.69) is 19.2 Å². The van der Waals surface area contributed by atoms with Crippen molar-refractivity contribution >= 4 is 5.78 Å². The van der Waals surface area contributed by atoms with Crippen molar-refractivity contribution in [3.63, 3.8) is 0 Å². The molecule has 0 atom stereocenters. The molecule has 0 amide bonds. The lowest BCUT2D eigenvalue weighted by Gasteiger charge is -2.22. The number of hydrogen-bond acceptors (Lipinski definition) is 2. The fourth-order valence-corrected chi connectivity index (χ4v) is 1.95. The van der Waals surface area contributed by atoms with E-state index in [4.69, 9.17) is 0 Å². The minimum Gasteiger partial charge on any atom is -0.317 e. The topological polar surface area (TPSA) is 29.1 Å². The summed E-state index contributed by atoms with van der Waals surface area (Å²) in [5, 5.41) is 3.32. The van der Waals surface area contributed by atoms with Crippen LogP contribution in [0.1, 0.15) is 39.5 Å². The predicted molar refractivity (Wildman–Crippen MR) is 54.7 cm³/mol. The van der Waals surface area contributed by atoms with E-state index < -0.39 is 0 Å². The van der Waals surface area contributed by atoms with Gasteiger partial charge in [-0.2, -0.15) is 0 Å². The molecule has 0 saturated carbocycles. The van der Waals surface area contributed by atoms with E-state index >= 15 is 0 Å². The van der Waals surface area contributed by atoms with Crippen molar-refractivity contribution in [3.8, 4) is 0 Å². The molecule has 1 rings (SSSR count). The summed E-state index contributed by atoms with van der Waals surface area (Å²) < 4.78 is 0. The number of ketones is 1. The lowest BCUT2D eigenvalue weighted by atomic mass is 9.90. The van der Waals surface area contributed by atoms with Crippen LogP contribution in [0.15, 0.2) is 0 Å². The van der Waals surface area contributed by atoms with Gasteiger partial charge in [-0.1, -0.05) is 13.8 Å². The number of carbonyl (C=O) groups is 1. The molecule has 1 aliphatic rings. The number of hydrogen-bond donors (Lipinski definition) is 1. The van der Waals surface area contributed by atoms with Crippen LogP contribution in [0.4, 0.5) is 0 Å². The van der Waals surface area contributed by atoms with Gasteiger partial charge in [0.05, 0.1) is 0 Å². The zero-order valence-corrected chi connectivity index (χ0v) is 8.81. The zero-order valence-electron chi connectivity index (χ0n) is 8.81. The van der Waals surface area contributed by atoms with Crippen LogP contribution in [0.3, 0.4) is 0 Å². The minimum atomic E-state index is 0.460. The molecule has 0 bridgehead atoms. The Bertz CT molecular complexity index is 159. The van der Waals surface area contributed by atoms with E-state index in [0.29, 0.717) is 17.6 Å². The van der Waals surface area contributed by atoms with E-state index in [1.54, 1.807) is 0 Å². The first-order valence-corrected chi connectivity index (χ1v) is 5.41. The molecule has 0 unspecified atom stereocenters. The Balaban J connectivity index is 2.18. The summed E-state index contributed by atoms with van der Waals surface area (Å²) in [6, 6.07) is 0. The van der Waals surface area contributed by atoms with Gasteiger partial charge in [0.2, 0.25) is 0 Å². The van der Waals surface area contributed by atoms with Gasteiger partial charge in [0.25, 0.3) is 0 Å². The normalized spacial score (nSPS) is 19.3. The van der Waals surface area contributed by atoms with Gasteiger partial charge in [-0.15, -0.1) is 0 Å². The summed E-state index contributed by atoms with van der Waals surface area (Å²) in [5.41, 5.74) is 0. The molecule has 0 spiro atoms. The smallest absolute Gasteiger partial charge is 0.133 e. The Labute approximate surface area is 81.1 Å². The fourth-order valence-electron chi connectivity index (χ4n) is 1.95. The number of carbonyl (C=O) groups excluding carboxylic acids is 1. The van der Waals surface area contributed by atoms with Crippen LogP contribution in [0.5, 0.6) is 0 Å². The maximum Gasteiger partial charge on any atom is 0.133 e. The van der Waals surface area contributed by atoms with Crippen LogP contribution in [-0.4, -0.2) is 18.9 Å². The second kappa shape index (κ2) is 5.38. The molecule has 0 aromatic rings. The van der Waals surface area contributed by atoms with Gasteiger partial charge in [-0.05, 0) is 37.8 Å². The average Bonchev–Trinajstić information content (AvgIpc) is 2.04. The third-order valence-electron chi connectivity index (χ3n) is 2.61. The van der Waals surface area contributed by atoms with E-state index in [-0.39, 0.29) is 0 Å². The SMILES string of the molecule is CC(C)CC(=O)CC1CCNCC1. The average molecular weight is 183 g/mol. The van der Waals surface area contributed by atoms with Gasteiger partial charge < -0.3 is 5.32 Å². The number of Topliss-reactive ketones (excluding diaryl/α,β-unsaturated/α-hetero) is 1. The Kier molecular flexibility index (Phi) is 4.43. The van der Waals surface area contributed by atoms with Crippen molar-refractivity contribution in [2.24, 2.45) is 11.8 Å². The van der Waals surface area contributed by atoms with Crippen LogP contribution < -0.4 is 5.32 Å². The summed E-state index contributed by atoms with van der Waals surface area (Å²) in [6.45, 7) is 6.42. The van der Waals surface area contributed by atoms with Crippen LogP contribution in [-0.2, 0) is 4.79 Å². The Hall–Kier alpha value is -0.370. The number of rotatable bonds is 4. The molecule has 1 fully saturated rings. The third kappa shape index (κ3) is 4.41. The van der Waals surface area contributed by atoms with Gasteiger partial charge >= 0.3 is 0 Å². The maximum atomic E-state index is 11.5. The first-order chi connectivity index (χ1) is 6.18. The summed E-state index contributed by atoms with van der Waals surface area (Å²) in [6.07, 6.45) is 3.96. The van der Waals surface area contributed by atoms with E-state index in [1.807, 2.05) is 0 Å². The summed E-state index contributed by atoms with van der Waals surface area (Å²) in [4.78, 5) is 11.5. The molecule has 0 aliphatic carbocycles. The number of nitrogens with one attached hydrogen (secondary N) is 1. The third-order valence-corrected chi connectivity index (χ3v) is 2.61. The highest BCUT2D eigenvalue weighted by atomic mass is 16.1. The summed E-state index contributed by atoms with van der Waals surface area (Å²) >= 11 is 0. The quantitative estimate of drug-likeness (QED) is 0.722. The molecular formula is C11H21NO. The van der Waals surface area contributed by atoms with E-state index in [9.17, 15) is 4.79 Å². The fraction of sp³-hybridized carbons (Fsp3) is 0.909. The van der Waals surface area contributed by atoms with E-state index in [1.165, 1.54) is 12.8 Å². The standard InChI is InChI=1S/C11H21NO/c1-9(2)7-11(13)8-10-3-5-12-6-4-10/h9-10,12H,3-8H2,1-2H3. The second-order valence-corrected chi connectivity index (χ2v) is 4.53. The Morgan fingerprint density at radius 3 is 2.54 bits per heavy atom. The Morgan fingerprint density at radius 2 is 2.00 bits per heavy atom. The van der Waals surface area contributed by atoms with Crippen LogP contribution in [0.25, 0.3) is 0 Å². The van der Waals surface area contributed by atoms with Crippen LogP contribution in [0, 0.1) is 11.8 Å². The predicted octanol–water partition coefficient (Wildman–Crippen LogP) is 1.99. The van der Waals surface area contributed by atoms with Crippen molar-refractivity contribution in [2.75, 3.05) is 13.1 Å². The highest BCUT2D eigenvalue weighted by Gasteiger charge is 2.16. The first-order valence-electron chi connectivity index (χ1n) is 5.41. The molecule has 0 aromatic heterocycles. The number of piperidine rings is 1. The monoisotopic (exact) mass is 183 g/mol. The molecule has 13 heavy (non-hydrogen) atoms.